The molecule has 1 N–H and O–H groups in total. The zero-order valence-electron chi connectivity index (χ0n) is 17.4. The Morgan fingerprint density at radius 1 is 1.09 bits per heavy atom. The Hall–Kier alpha value is -2.73. The highest BCUT2D eigenvalue weighted by Crippen LogP contribution is 2.28. The molecule has 0 amide bonds. The van der Waals surface area contributed by atoms with Gasteiger partial charge in [0.1, 0.15) is 17.3 Å². The van der Waals surface area contributed by atoms with Gasteiger partial charge in [-0.25, -0.2) is 13.1 Å². The van der Waals surface area contributed by atoms with Crippen LogP contribution in [0, 0.1) is 0 Å². The molecule has 172 valence electrons. The molecule has 33 heavy (non-hydrogen) atoms. The minimum absolute atomic E-state index is 0.0275. The van der Waals surface area contributed by atoms with Crippen molar-refractivity contribution in [2.45, 2.75) is 11.8 Å². The van der Waals surface area contributed by atoms with Crippen molar-refractivity contribution in [3.8, 4) is 23.0 Å². The Morgan fingerprint density at radius 2 is 1.91 bits per heavy atom. The quantitative estimate of drug-likeness (QED) is 0.313. The fourth-order valence-corrected chi connectivity index (χ4v) is 4.95. The fourth-order valence-electron chi connectivity index (χ4n) is 3.04. The maximum absolute atomic E-state index is 12.7. The zero-order valence-corrected chi connectivity index (χ0v) is 20.6. The van der Waals surface area contributed by atoms with Gasteiger partial charge in [0, 0.05) is 22.6 Å². The summed E-state index contributed by atoms with van der Waals surface area (Å²) >= 11 is 9.57. The van der Waals surface area contributed by atoms with Crippen LogP contribution in [-0.2, 0) is 10.0 Å². The van der Waals surface area contributed by atoms with E-state index < -0.39 is 10.0 Å². The molecule has 0 fully saturated rings. The first-order valence-corrected chi connectivity index (χ1v) is 12.6. The maximum Gasteiger partial charge on any atom is 0.244 e. The van der Waals surface area contributed by atoms with E-state index in [0.717, 1.165) is 0 Å². The predicted molar refractivity (Wildman–Crippen MR) is 127 cm³/mol. The van der Waals surface area contributed by atoms with Gasteiger partial charge in [0.2, 0.25) is 15.9 Å². The molecule has 2 aromatic carbocycles. The summed E-state index contributed by atoms with van der Waals surface area (Å²) in [6.07, 6.45) is 0. The Balaban J connectivity index is 1.45. The van der Waals surface area contributed by atoms with E-state index in [1.165, 1.54) is 10.6 Å². The van der Waals surface area contributed by atoms with Crippen molar-refractivity contribution in [3.63, 3.8) is 0 Å². The van der Waals surface area contributed by atoms with Gasteiger partial charge < -0.3 is 9.47 Å². The first-order chi connectivity index (χ1) is 15.9. The summed E-state index contributed by atoms with van der Waals surface area (Å²) in [6, 6.07) is 15.4. The number of halogens is 2. The number of rotatable bonds is 9. The second-order valence-corrected chi connectivity index (χ2v) is 9.77. The van der Waals surface area contributed by atoms with Crippen LogP contribution < -0.4 is 14.2 Å². The molecule has 0 spiro atoms. The summed E-state index contributed by atoms with van der Waals surface area (Å²) in [5.74, 6) is 1.04. The second kappa shape index (κ2) is 10.0. The average Bonchev–Trinajstić information content (AvgIpc) is 3.21. The highest BCUT2D eigenvalue weighted by Gasteiger charge is 2.20. The van der Waals surface area contributed by atoms with Crippen LogP contribution >= 0.6 is 27.5 Å². The van der Waals surface area contributed by atoms with E-state index in [4.69, 9.17) is 21.1 Å². The molecule has 4 rings (SSSR count). The van der Waals surface area contributed by atoms with Crippen LogP contribution in [0.1, 0.15) is 6.92 Å². The number of aromatic nitrogens is 4. The molecule has 0 radical (unpaired) electrons. The minimum atomic E-state index is -3.81. The molecule has 0 saturated carbocycles. The monoisotopic (exact) mass is 551 g/mol. The molecule has 12 heteroatoms. The predicted octanol–water partition coefficient (Wildman–Crippen LogP) is 3.96. The third-order valence-electron chi connectivity index (χ3n) is 4.49. The van der Waals surface area contributed by atoms with Crippen LogP contribution in [-0.4, -0.2) is 48.0 Å². The lowest BCUT2D eigenvalue weighted by Gasteiger charge is -2.12. The molecule has 0 aliphatic carbocycles. The summed E-state index contributed by atoms with van der Waals surface area (Å²) in [4.78, 5) is 0.0483. The highest BCUT2D eigenvalue weighted by molar-refractivity contribution is 9.10. The van der Waals surface area contributed by atoms with E-state index in [0.29, 0.717) is 33.1 Å². The average molecular weight is 553 g/mol. The molecule has 0 unspecified atom stereocenters. The summed E-state index contributed by atoms with van der Waals surface area (Å²) in [6.45, 7) is 2.22. The summed E-state index contributed by atoms with van der Waals surface area (Å²) in [7, 11) is -3.81. The first kappa shape index (κ1) is 23.4. The number of benzene rings is 2. The molecule has 0 saturated heterocycles. The van der Waals surface area contributed by atoms with Gasteiger partial charge >= 0.3 is 0 Å². The largest absolute Gasteiger partial charge is 0.492 e. The van der Waals surface area contributed by atoms with Crippen molar-refractivity contribution < 1.29 is 17.9 Å². The van der Waals surface area contributed by atoms with E-state index in [1.807, 2.05) is 18.2 Å². The van der Waals surface area contributed by atoms with Gasteiger partial charge in [0.15, 0.2) is 11.5 Å². The summed E-state index contributed by atoms with van der Waals surface area (Å²) < 4.78 is 41.3. The van der Waals surface area contributed by atoms with Gasteiger partial charge in [-0.1, -0.05) is 39.7 Å². The molecule has 0 atom stereocenters. The van der Waals surface area contributed by atoms with Crippen molar-refractivity contribution in [1.29, 1.82) is 0 Å². The number of hydrogen-bond acceptors (Lipinski definition) is 7. The fraction of sp³-hybridized carbons (Fsp3) is 0.190. The van der Waals surface area contributed by atoms with Crippen LogP contribution in [0.2, 0.25) is 5.02 Å². The Kier molecular flexibility index (Phi) is 7.13. The molecular formula is C21H19BrClN5O4S. The second-order valence-electron chi connectivity index (χ2n) is 6.72. The van der Waals surface area contributed by atoms with Crippen molar-refractivity contribution in [3.05, 3.63) is 64.1 Å². The van der Waals surface area contributed by atoms with Crippen molar-refractivity contribution in [2.75, 3.05) is 19.8 Å². The normalized spacial score (nSPS) is 11.6. The van der Waals surface area contributed by atoms with Gasteiger partial charge in [0.05, 0.1) is 11.6 Å². The lowest BCUT2D eigenvalue weighted by Crippen LogP contribution is -2.28. The number of hydrogen-bond donors (Lipinski definition) is 1. The number of sulfonamides is 1. The van der Waals surface area contributed by atoms with Gasteiger partial charge in [-0.05, 0) is 43.3 Å². The van der Waals surface area contributed by atoms with Crippen LogP contribution in [0.4, 0.5) is 0 Å². The third-order valence-corrected chi connectivity index (χ3v) is 6.80. The van der Waals surface area contributed by atoms with Crippen LogP contribution in [0.5, 0.6) is 11.6 Å². The maximum atomic E-state index is 12.7. The summed E-state index contributed by atoms with van der Waals surface area (Å²) in [5, 5.41) is 13.2. The Morgan fingerprint density at radius 3 is 2.70 bits per heavy atom. The molecule has 9 nitrogen and oxygen atoms in total. The van der Waals surface area contributed by atoms with Gasteiger partial charge in [-0.15, -0.1) is 15.3 Å². The van der Waals surface area contributed by atoms with E-state index >= 15 is 0 Å². The molecular weight excluding hydrogens is 534 g/mol. The van der Waals surface area contributed by atoms with E-state index in [9.17, 15) is 8.42 Å². The minimum Gasteiger partial charge on any atom is -0.492 e. The zero-order chi connectivity index (χ0) is 23.4. The van der Waals surface area contributed by atoms with Crippen LogP contribution in [0.3, 0.4) is 0 Å². The highest BCUT2D eigenvalue weighted by atomic mass is 79.9. The standard InChI is InChI=1S/C21H19BrClN5O4S/c1-2-31-17-8-7-14(22)13-18(17)33(29,30)24-11-12-32-20-10-9-19-25-26-21(28(19)27-20)15-5-3-4-6-16(15)23/h3-10,13,24H,2,11-12H2,1H3. The topological polar surface area (TPSA) is 108 Å². The molecule has 0 bridgehead atoms. The van der Waals surface area contributed by atoms with Crippen LogP contribution in [0.25, 0.3) is 17.0 Å². The molecule has 0 aliphatic rings. The number of fused-ring (bicyclic) bond motifs is 1. The molecule has 2 heterocycles. The first-order valence-electron chi connectivity index (χ1n) is 9.91. The Labute approximate surface area is 203 Å². The lowest BCUT2D eigenvalue weighted by atomic mass is 10.2. The van der Waals surface area contributed by atoms with Crippen LogP contribution in [0.15, 0.2) is 64.0 Å². The lowest BCUT2D eigenvalue weighted by molar-refractivity contribution is 0.305. The summed E-state index contributed by atoms with van der Waals surface area (Å²) in [5.41, 5.74) is 1.21. The van der Waals surface area contributed by atoms with Crippen molar-refractivity contribution in [2.24, 2.45) is 0 Å². The van der Waals surface area contributed by atoms with Crippen molar-refractivity contribution >= 4 is 43.2 Å². The molecule has 0 aliphatic heterocycles. The molecule has 4 aromatic rings. The van der Waals surface area contributed by atoms with Crippen molar-refractivity contribution in [1.82, 2.24) is 24.5 Å². The van der Waals surface area contributed by atoms with E-state index in [1.54, 1.807) is 37.3 Å². The number of nitrogens with zero attached hydrogens (tertiary/aromatic N) is 4. The van der Waals surface area contributed by atoms with Gasteiger partial charge in [-0.2, -0.15) is 4.52 Å². The molecule has 2 aromatic heterocycles. The van der Waals surface area contributed by atoms with Gasteiger partial charge in [-0.3, -0.25) is 0 Å². The van der Waals surface area contributed by atoms with Gasteiger partial charge in [0.25, 0.3) is 0 Å². The smallest absolute Gasteiger partial charge is 0.244 e. The number of ether oxygens (including phenoxy) is 2. The Bertz CT molecular complexity index is 1400. The van der Waals surface area contributed by atoms with E-state index in [2.05, 4.69) is 35.9 Å². The third kappa shape index (κ3) is 5.27. The van der Waals surface area contributed by atoms with E-state index in [-0.39, 0.29) is 29.7 Å². The SMILES string of the molecule is CCOc1ccc(Br)cc1S(=O)(=O)NCCOc1ccc2nnc(-c3ccccc3Cl)n2n1. The number of nitrogens with one attached hydrogen (secondary N) is 1.